The molecule has 94 valence electrons. The molecule has 1 fully saturated rings. The largest absolute Gasteiger partial charge is 0.368 e. The number of halogens is 2. The van der Waals surface area contributed by atoms with Crippen molar-refractivity contribution in [2.75, 3.05) is 24.5 Å². The lowest BCUT2D eigenvalue weighted by Gasteiger charge is -2.42. The second kappa shape index (κ2) is 5.05. The molecule has 0 saturated carbocycles. The maximum Gasteiger partial charge on any atom is 0.0612 e. The van der Waals surface area contributed by atoms with E-state index in [2.05, 4.69) is 24.1 Å². The fraction of sp³-hybridized carbons (Fsp3) is 0.538. The highest BCUT2D eigenvalue weighted by Gasteiger charge is 2.28. The Morgan fingerprint density at radius 2 is 2.12 bits per heavy atom. The van der Waals surface area contributed by atoms with Crippen LogP contribution in [0, 0.1) is 0 Å². The minimum atomic E-state index is 0.185. The van der Waals surface area contributed by atoms with Gasteiger partial charge in [0, 0.05) is 30.9 Å². The topological polar surface area (TPSA) is 15.3 Å². The van der Waals surface area contributed by atoms with Gasteiger partial charge < -0.3 is 10.2 Å². The van der Waals surface area contributed by atoms with Gasteiger partial charge in [0.25, 0.3) is 0 Å². The number of nitrogens with one attached hydrogen (secondary N) is 1. The van der Waals surface area contributed by atoms with Gasteiger partial charge in [-0.25, -0.2) is 0 Å². The van der Waals surface area contributed by atoms with E-state index < -0.39 is 0 Å². The van der Waals surface area contributed by atoms with Crippen LogP contribution in [0.4, 0.5) is 5.69 Å². The highest BCUT2D eigenvalue weighted by molar-refractivity contribution is 6.42. The molecular weight excluding hydrogens is 255 g/mol. The number of rotatable bonds is 2. The second-order valence-corrected chi connectivity index (χ2v) is 5.68. The van der Waals surface area contributed by atoms with Gasteiger partial charge >= 0.3 is 0 Å². The lowest BCUT2D eigenvalue weighted by molar-refractivity contribution is 0.314. The first-order valence-corrected chi connectivity index (χ1v) is 6.75. The lowest BCUT2D eigenvalue weighted by atomic mass is 9.95. The molecule has 1 aromatic carbocycles. The van der Waals surface area contributed by atoms with Crippen LogP contribution < -0.4 is 10.2 Å². The fourth-order valence-corrected chi connectivity index (χ4v) is 2.48. The Morgan fingerprint density at radius 3 is 2.76 bits per heavy atom. The van der Waals surface area contributed by atoms with Crippen LogP contribution in [-0.4, -0.2) is 25.2 Å². The Bertz CT molecular complexity index is 408. The monoisotopic (exact) mass is 272 g/mol. The third kappa shape index (κ3) is 2.87. The van der Waals surface area contributed by atoms with Crippen molar-refractivity contribution in [3.63, 3.8) is 0 Å². The van der Waals surface area contributed by atoms with Gasteiger partial charge in [-0.05, 0) is 31.5 Å². The zero-order valence-electron chi connectivity index (χ0n) is 10.3. The van der Waals surface area contributed by atoms with Crippen LogP contribution in [0.1, 0.15) is 20.3 Å². The molecule has 2 rings (SSSR count). The standard InChI is InChI=1S/C13H18Cl2N2/c1-3-13(2)9-17(7-6-16-13)10-4-5-11(14)12(15)8-10/h4-5,8,16H,3,6-7,9H2,1-2H3. The Morgan fingerprint density at radius 1 is 1.35 bits per heavy atom. The zero-order chi connectivity index (χ0) is 12.5. The summed E-state index contributed by atoms with van der Waals surface area (Å²) in [5, 5.41) is 4.81. The summed E-state index contributed by atoms with van der Waals surface area (Å²) in [6.45, 7) is 7.49. The molecule has 0 aliphatic carbocycles. The quantitative estimate of drug-likeness (QED) is 0.886. The maximum atomic E-state index is 6.06. The third-order valence-corrected chi connectivity index (χ3v) is 4.26. The van der Waals surface area contributed by atoms with E-state index in [4.69, 9.17) is 23.2 Å². The molecule has 1 N–H and O–H groups in total. The van der Waals surface area contributed by atoms with Crippen LogP contribution in [0.5, 0.6) is 0 Å². The molecule has 1 aromatic rings. The Balaban J connectivity index is 2.19. The van der Waals surface area contributed by atoms with Gasteiger partial charge in [0.1, 0.15) is 0 Å². The van der Waals surface area contributed by atoms with Crippen molar-refractivity contribution >= 4 is 28.9 Å². The molecule has 1 heterocycles. The molecule has 17 heavy (non-hydrogen) atoms. The van der Waals surface area contributed by atoms with Crippen molar-refractivity contribution in [1.29, 1.82) is 0 Å². The highest BCUT2D eigenvalue weighted by Crippen LogP contribution is 2.29. The molecule has 0 aromatic heterocycles. The summed E-state index contributed by atoms with van der Waals surface area (Å²) in [4.78, 5) is 2.36. The van der Waals surface area contributed by atoms with Gasteiger partial charge in [-0.15, -0.1) is 0 Å². The number of piperazine rings is 1. The van der Waals surface area contributed by atoms with Crippen molar-refractivity contribution in [2.24, 2.45) is 0 Å². The minimum absolute atomic E-state index is 0.185. The Hall–Kier alpha value is -0.440. The van der Waals surface area contributed by atoms with Crippen molar-refractivity contribution in [2.45, 2.75) is 25.8 Å². The second-order valence-electron chi connectivity index (χ2n) is 4.86. The third-order valence-electron chi connectivity index (χ3n) is 3.52. The van der Waals surface area contributed by atoms with E-state index in [1.165, 1.54) is 0 Å². The molecule has 4 heteroatoms. The summed E-state index contributed by atoms with van der Waals surface area (Å²) in [5.74, 6) is 0. The fourth-order valence-electron chi connectivity index (χ4n) is 2.19. The Kier molecular flexibility index (Phi) is 3.86. The van der Waals surface area contributed by atoms with Gasteiger partial charge in [-0.2, -0.15) is 0 Å². The van der Waals surface area contributed by atoms with Crippen molar-refractivity contribution in [3.05, 3.63) is 28.2 Å². The van der Waals surface area contributed by atoms with Crippen molar-refractivity contribution < 1.29 is 0 Å². The van der Waals surface area contributed by atoms with Gasteiger partial charge in [0.05, 0.1) is 10.0 Å². The van der Waals surface area contributed by atoms with E-state index in [9.17, 15) is 0 Å². The molecule has 0 amide bonds. The van der Waals surface area contributed by atoms with Crippen molar-refractivity contribution in [3.8, 4) is 0 Å². The average molecular weight is 273 g/mol. The predicted molar refractivity (Wildman–Crippen MR) is 75.4 cm³/mol. The summed E-state index contributed by atoms with van der Waals surface area (Å²) < 4.78 is 0. The molecule has 1 unspecified atom stereocenters. The SMILES string of the molecule is CCC1(C)CN(c2ccc(Cl)c(Cl)c2)CCN1. The van der Waals surface area contributed by atoms with Gasteiger partial charge in [0.15, 0.2) is 0 Å². The molecule has 1 saturated heterocycles. The van der Waals surface area contributed by atoms with Crippen LogP contribution in [0.15, 0.2) is 18.2 Å². The Labute approximate surface area is 113 Å². The molecule has 0 bridgehead atoms. The van der Waals surface area contributed by atoms with E-state index in [-0.39, 0.29) is 5.54 Å². The molecule has 2 nitrogen and oxygen atoms in total. The van der Waals surface area contributed by atoms with Gasteiger partial charge in [-0.3, -0.25) is 0 Å². The van der Waals surface area contributed by atoms with Crippen LogP contribution in [0.2, 0.25) is 10.0 Å². The van der Waals surface area contributed by atoms with E-state index in [1.807, 2.05) is 18.2 Å². The van der Waals surface area contributed by atoms with E-state index >= 15 is 0 Å². The van der Waals surface area contributed by atoms with Crippen LogP contribution in [-0.2, 0) is 0 Å². The minimum Gasteiger partial charge on any atom is -0.368 e. The predicted octanol–water partition coefficient (Wildman–Crippen LogP) is 3.57. The average Bonchev–Trinajstić information content (AvgIpc) is 2.33. The van der Waals surface area contributed by atoms with Gasteiger partial charge in [-0.1, -0.05) is 30.1 Å². The molecule has 0 radical (unpaired) electrons. The van der Waals surface area contributed by atoms with Gasteiger partial charge in [0.2, 0.25) is 0 Å². The van der Waals surface area contributed by atoms with E-state index in [0.717, 1.165) is 31.7 Å². The highest BCUT2D eigenvalue weighted by atomic mass is 35.5. The normalized spacial score (nSPS) is 25.1. The van der Waals surface area contributed by atoms with E-state index in [1.54, 1.807) is 0 Å². The summed E-state index contributed by atoms with van der Waals surface area (Å²) in [6, 6.07) is 5.85. The van der Waals surface area contributed by atoms with E-state index in [0.29, 0.717) is 10.0 Å². The number of hydrogen-bond acceptors (Lipinski definition) is 2. The number of hydrogen-bond donors (Lipinski definition) is 1. The lowest BCUT2D eigenvalue weighted by Crippen LogP contribution is -2.58. The first kappa shape index (κ1) is 13.0. The van der Waals surface area contributed by atoms with Crippen LogP contribution in [0.3, 0.4) is 0 Å². The van der Waals surface area contributed by atoms with Crippen LogP contribution >= 0.6 is 23.2 Å². The van der Waals surface area contributed by atoms with Crippen molar-refractivity contribution in [1.82, 2.24) is 5.32 Å². The summed E-state index contributed by atoms with van der Waals surface area (Å²) >= 11 is 12.0. The summed E-state index contributed by atoms with van der Waals surface area (Å²) in [7, 11) is 0. The van der Waals surface area contributed by atoms with Crippen LogP contribution in [0.25, 0.3) is 0 Å². The maximum absolute atomic E-state index is 6.06. The summed E-state index contributed by atoms with van der Waals surface area (Å²) in [5.41, 5.74) is 1.34. The number of benzene rings is 1. The molecule has 0 spiro atoms. The smallest absolute Gasteiger partial charge is 0.0612 e. The first-order chi connectivity index (χ1) is 8.04. The molecule has 1 aliphatic heterocycles. The molecule has 1 aliphatic rings. The zero-order valence-corrected chi connectivity index (χ0v) is 11.8. The molecular formula is C13H18Cl2N2. The number of nitrogens with zero attached hydrogens (tertiary/aromatic N) is 1. The number of anilines is 1. The first-order valence-electron chi connectivity index (χ1n) is 5.99. The summed E-state index contributed by atoms with van der Waals surface area (Å²) in [6.07, 6.45) is 1.12. The molecule has 1 atom stereocenters.